The number of rotatable bonds is 7. The zero-order chi connectivity index (χ0) is 14.8. The first-order chi connectivity index (χ1) is 9.71. The van der Waals surface area contributed by atoms with Crippen molar-refractivity contribution in [2.45, 2.75) is 39.5 Å². The van der Waals surface area contributed by atoms with Crippen LogP contribution in [0.5, 0.6) is 5.75 Å². The Morgan fingerprint density at radius 1 is 1.35 bits per heavy atom. The average Bonchev–Trinajstić information content (AvgIpc) is 2.46. The second kappa shape index (κ2) is 9.39. The third kappa shape index (κ3) is 5.63. The lowest BCUT2D eigenvalue weighted by Gasteiger charge is -2.16. The third-order valence-electron chi connectivity index (χ3n) is 3.29. The average molecular weight is 277 g/mol. The van der Waals surface area contributed by atoms with Crippen LogP contribution in [-0.4, -0.2) is 13.2 Å². The van der Waals surface area contributed by atoms with E-state index in [1.807, 2.05) is 0 Å². The Hall–Kier alpha value is -1.53. The van der Waals surface area contributed by atoms with Crippen LogP contribution in [0.1, 0.15) is 45.1 Å². The summed E-state index contributed by atoms with van der Waals surface area (Å²) in [7, 11) is 0. The summed E-state index contributed by atoms with van der Waals surface area (Å²) in [6, 6.07) is 4.43. The van der Waals surface area contributed by atoms with Gasteiger partial charge in [-0.15, -0.1) is 0 Å². The number of hydrogen-bond donors (Lipinski definition) is 1. The number of nitrogens with two attached hydrogens (primary N) is 1. The smallest absolute Gasteiger partial charge is 0.137 e. The van der Waals surface area contributed by atoms with Gasteiger partial charge in [0.1, 0.15) is 11.6 Å². The summed E-state index contributed by atoms with van der Waals surface area (Å²) in [5.74, 6) is 6.41. The van der Waals surface area contributed by atoms with E-state index in [1.165, 1.54) is 25.0 Å². The molecule has 2 N–H and O–H groups in total. The van der Waals surface area contributed by atoms with E-state index < -0.39 is 0 Å². The predicted molar refractivity (Wildman–Crippen MR) is 81.1 cm³/mol. The Labute approximate surface area is 121 Å². The van der Waals surface area contributed by atoms with Crippen molar-refractivity contribution in [3.05, 3.63) is 29.6 Å². The van der Waals surface area contributed by atoms with Crippen LogP contribution in [0.3, 0.4) is 0 Å². The fourth-order valence-electron chi connectivity index (χ4n) is 1.97. The van der Waals surface area contributed by atoms with E-state index in [0.717, 1.165) is 12.8 Å². The molecule has 0 aromatic heterocycles. The molecule has 0 saturated heterocycles. The van der Waals surface area contributed by atoms with Crippen molar-refractivity contribution < 1.29 is 9.13 Å². The summed E-state index contributed by atoms with van der Waals surface area (Å²) in [4.78, 5) is 0. The molecule has 2 nitrogen and oxygen atoms in total. The van der Waals surface area contributed by atoms with Gasteiger partial charge in [0.25, 0.3) is 0 Å². The first-order valence-electron chi connectivity index (χ1n) is 7.32. The Morgan fingerprint density at radius 2 is 2.15 bits per heavy atom. The van der Waals surface area contributed by atoms with Crippen LogP contribution in [0.25, 0.3) is 0 Å². The van der Waals surface area contributed by atoms with Crippen LogP contribution >= 0.6 is 0 Å². The van der Waals surface area contributed by atoms with Crippen LogP contribution in [-0.2, 0) is 0 Å². The molecule has 1 aromatic carbocycles. The van der Waals surface area contributed by atoms with Gasteiger partial charge in [-0.1, -0.05) is 45.0 Å². The lowest BCUT2D eigenvalue weighted by atomic mass is 10.0. The molecule has 0 fully saturated rings. The number of ether oxygens (including phenoxy) is 1. The van der Waals surface area contributed by atoms with E-state index in [-0.39, 0.29) is 12.4 Å². The van der Waals surface area contributed by atoms with Gasteiger partial charge in [0.05, 0.1) is 18.7 Å². The fourth-order valence-corrected chi connectivity index (χ4v) is 1.97. The second-order valence-electron chi connectivity index (χ2n) is 4.87. The van der Waals surface area contributed by atoms with Crippen molar-refractivity contribution in [3.8, 4) is 17.6 Å². The van der Waals surface area contributed by atoms with Gasteiger partial charge >= 0.3 is 0 Å². The van der Waals surface area contributed by atoms with Crippen molar-refractivity contribution in [1.29, 1.82) is 0 Å². The van der Waals surface area contributed by atoms with Crippen molar-refractivity contribution in [1.82, 2.24) is 0 Å². The van der Waals surface area contributed by atoms with Crippen molar-refractivity contribution in [2.75, 3.05) is 13.2 Å². The van der Waals surface area contributed by atoms with Crippen molar-refractivity contribution in [3.63, 3.8) is 0 Å². The van der Waals surface area contributed by atoms with Crippen LogP contribution < -0.4 is 10.5 Å². The van der Waals surface area contributed by atoms with Gasteiger partial charge in [0.15, 0.2) is 0 Å². The molecule has 1 rings (SSSR count). The highest BCUT2D eigenvalue weighted by Gasteiger charge is 2.09. The molecule has 0 heterocycles. The maximum atomic E-state index is 13.3. The molecule has 110 valence electrons. The Morgan fingerprint density at radius 3 is 2.80 bits per heavy atom. The molecule has 0 saturated carbocycles. The highest BCUT2D eigenvalue weighted by atomic mass is 19.1. The van der Waals surface area contributed by atoms with Crippen LogP contribution in [0.2, 0.25) is 0 Å². The van der Waals surface area contributed by atoms with Crippen molar-refractivity contribution in [2.24, 2.45) is 11.7 Å². The number of benzene rings is 1. The van der Waals surface area contributed by atoms with E-state index in [1.54, 1.807) is 6.07 Å². The van der Waals surface area contributed by atoms with E-state index in [2.05, 4.69) is 25.7 Å². The highest BCUT2D eigenvalue weighted by molar-refractivity contribution is 5.46. The summed E-state index contributed by atoms with van der Waals surface area (Å²) in [5.41, 5.74) is 6.06. The lowest BCUT2D eigenvalue weighted by Crippen LogP contribution is -2.12. The second-order valence-corrected chi connectivity index (χ2v) is 4.87. The Balaban J connectivity index is 2.72. The summed E-state index contributed by atoms with van der Waals surface area (Å²) >= 11 is 0. The van der Waals surface area contributed by atoms with E-state index in [9.17, 15) is 4.39 Å². The van der Waals surface area contributed by atoms with E-state index >= 15 is 0 Å². The molecule has 0 bridgehead atoms. The summed E-state index contributed by atoms with van der Waals surface area (Å²) in [5, 5.41) is 0. The van der Waals surface area contributed by atoms with Crippen LogP contribution in [0.4, 0.5) is 4.39 Å². The zero-order valence-electron chi connectivity index (χ0n) is 12.4. The quantitative estimate of drug-likeness (QED) is 0.771. The molecule has 0 aliphatic rings. The van der Waals surface area contributed by atoms with Gasteiger partial charge in [0.2, 0.25) is 0 Å². The predicted octanol–water partition coefficient (Wildman–Crippen LogP) is 3.73. The molecule has 1 atom stereocenters. The molecule has 0 radical (unpaired) electrons. The van der Waals surface area contributed by atoms with E-state index in [4.69, 9.17) is 10.5 Å². The minimum absolute atomic E-state index is 0.283. The van der Waals surface area contributed by atoms with Gasteiger partial charge in [-0.3, -0.25) is 0 Å². The fraction of sp³-hybridized carbons (Fsp3) is 0.529. The number of halogens is 1. The van der Waals surface area contributed by atoms with Crippen molar-refractivity contribution >= 4 is 0 Å². The number of unbranched alkanes of at least 4 members (excludes halogenated alkanes) is 1. The highest BCUT2D eigenvalue weighted by Crippen LogP contribution is 2.21. The molecule has 1 aromatic rings. The topological polar surface area (TPSA) is 35.2 Å². The molecule has 0 amide bonds. The van der Waals surface area contributed by atoms with Crippen LogP contribution in [0, 0.1) is 23.6 Å². The molecule has 0 aliphatic heterocycles. The van der Waals surface area contributed by atoms with Gasteiger partial charge in [-0.05, 0) is 24.5 Å². The minimum Gasteiger partial charge on any atom is -0.492 e. The Bertz CT molecular complexity index is 462. The zero-order valence-corrected chi connectivity index (χ0v) is 12.4. The monoisotopic (exact) mass is 277 g/mol. The molecule has 20 heavy (non-hydrogen) atoms. The molecule has 0 spiro atoms. The largest absolute Gasteiger partial charge is 0.492 e. The maximum Gasteiger partial charge on any atom is 0.137 e. The molecule has 3 heteroatoms. The van der Waals surface area contributed by atoms with E-state index in [0.29, 0.717) is 23.8 Å². The van der Waals surface area contributed by atoms with Gasteiger partial charge in [0, 0.05) is 6.07 Å². The van der Waals surface area contributed by atoms with Crippen LogP contribution in [0.15, 0.2) is 18.2 Å². The van der Waals surface area contributed by atoms with Gasteiger partial charge in [-0.25, -0.2) is 4.39 Å². The lowest BCUT2D eigenvalue weighted by molar-refractivity contribution is 0.232. The third-order valence-corrected chi connectivity index (χ3v) is 3.29. The minimum atomic E-state index is -0.306. The normalized spacial score (nSPS) is 11.6. The summed E-state index contributed by atoms with van der Waals surface area (Å²) < 4.78 is 19.1. The molecule has 1 unspecified atom stereocenters. The first-order valence-corrected chi connectivity index (χ1v) is 7.32. The van der Waals surface area contributed by atoms with Gasteiger partial charge in [-0.2, -0.15) is 0 Å². The summed E-state index contributed by atoms with van der Waals surface area (Å²) in [6.45, 7) is 5.23. The summed E-state index contributed by atoms with van der Waals surface area (Å²) in [6.07, 6.45) is 4.60. The SMILES string of the molecule is CCCCC(CC)COc1cc(F)ccc1C#CCN. The molecular weight excluding hydrogens is 253 g/mol. The number of hydrogen-bond acceptors (Lipinski definition) is 2. The standard InChI is InChI=1S/C17H24FNO/c1-3-5-7-14(4-2)13-20-17-12-16(18)10-9-15(17)8-6-11-19/h9-10,12,14H,3-5,7,11,13,19H2,1-2H3. The van der Waals surface area contributed by atoms with Gasteiger partial charge < -0.3 is 10.5 Å². The molecular formula is C17H24FNO. The maximum absolute atomic E-state index is 13.3. The Kier molecular flexibility index (Phi) is 7.75. The molecule has 0 aliphatic carbocycles. The first kappa shape index (κ1) is 16.5.